The van der Waals surface area contributed by atoms with Crippen LogP contribution in [0.25, 0.3) is 66.1 Å². The van der Waals surface area contributed by atoms with Crippen LogP contribution in [0.2, 0.25) is 0 Å². The van der Waals surface area contributed by atoms with Crippen LogP contribution in [0.4, 0.5) is 17.1 Å². The SMILES string of the molecule is c1ccc(N(c2ccc(-c3ccc(-c4cccc(-c5ccc6ccccc6c5)c4)cc3)cc2)c2cccc3oc4ccccc4c23)cc1. The number of furan rings is 1. The number of hydrogen-bond donors (Lipinski definition) is 0. The number of hydrogen-bond acceptors (Lipinski definition) is 2. The lowest BCUT2D eigenvalue weighted by Crippen LogP contribution is -2.10. The summed E-state index contributed by atoms with van der Waals surface area (Å²) in [6.45, 7) is 0. The summed E-state index contributed by atoms with van der Waals surface area (Å²) in [7, 11) is 0. The largest absolute Gasteiger partial charge is 0.456 e. The molecule has 9 rings (SSSR count). The van der Waals surface area contributed by atoms with Crippen LogP contribution in [0.15, 0.2) is 192 Å². The van der Waals surface area contributed by atoms with E-state index < -0.39 is 0 Å². The molecule has 0 fully saturated rings. The van der Waals surface area contributed by atoms with Crippen LogP contribution in [0.1, 0.15) is 0 Å². The molecule has 0 spiro atoms. The van der Waals surface area contributed by atoms with Gasteiger partial charge in [-0.1, -0.05) is 133 Å². The molecule has 1 heterocycles. The van der Waals surface area contributed by atoms with E-state index in [0.29, 0.717) is 0 Å². The summed E-state index contributed by atoms with van der Waals surface area (Å²) in [5, 5.41) is 4.75. The molecule has 9 aromatic rings. The first-order valence-corrected chi connectivity index (χ1v) is 16.3. The van der Waals surface area contributed by atoms with Gasteiger partial charge in [-0.15, -0.1) is 0 Å². The summed E-state index contributed by atoms with van der Waals surface area (Å²) in [4.78, 5) is 2.32. The molecule has 0 amide bonds. The maximum absolute atomic E-state index is 6.25. The summed E-state index contributed by atoms with van der Waals surface area (Å²) in [6, 6.07) is 66.9. The summed E-state index contributed by atoms with van der Waals surface area (Å²) >= 11 is 0. The molecule has 48 heavy (non-hydrogen) atoms. The third-order valence-corrected chi connectivity index (χ3v) is 9.26. The molecule has 8 aromatic carbocycles. The lowest BCUT2D eigenvalue weighted by atomic mass is 9.96. The van der Waals surface area contributed by atoms with Crippen LogP contribution >= 0.6 is 0 Å². The highest BCUT2D eigenvalue weighted by Crippen LogP contribution is 2.43. The molecular weight excluding hydrogens is 583 g/mol. The van der Waals surface area contributed by atoms with Crippen LogP contribution in [0.5, 0.6) is 0 Å². The third kappa shape index (κ3) is 5.01. The number of fused-ring (bicyclic) bond motifs is 4. The quantitative estimate of drug-likeness (QED) is 0.185. The van der Waals surface area contributed by atoms with Crippen LogP contribution in [-0.4, -0.2) is 0 Å². The van der Waals surface area contributed by atoms with E-state index in [1.807, 2.05) is 12.1 Å². The molecule has 0 radical (unpaired) electrons. The topological polar surface area (TPSA) is 16.4 Å². The third-order valence-electron chi connectivity index (χ3n) is 9.26. The van der Waals surface area contributed by atoms with Crippen molar-refractivity contribution >= 4 is 49.8 Å². The van der Waals surface area contributed by atoms with Crippen LogP contribution in [-0.2, 0) is 0 Å². The average molecular weight is 614 g/mol. The average Bonchev–Trinajstić information content (AvgIpc) is 3.55. The molecule has 2 nitrogen and oxygen atoms in total. The maximum Gasteiger partial charge on any atom is 0.137 e. The number of rotatable bonds is 6. The predicted octanol–water partition coefficient (Wildman–Crippen LogP) is 13.2. The van der Waals surface area contributed by atoms with Gasteiger partial charge in [0.1, 0.15) is 11.2 Å². The minimum absolute atomic E-state index is 0.883. The lowest BCUT2D eigenvalue weighted by molar-refractivity contribution is 0.669. The maximum atomic E-state index is 6.25. The van der Waals surface area contributed by atoms with E-state index in [1.165, 1.54) is 44.2 Å². The van der Waals surface area contributed by atoms with Crippen molar-refractivity contribution < 1.29 is 4.42 Å². The van der Waals surface area contributed by atoms with Crippen molar-refractivity contribution in [3.8, 4) is 33.4 Å². The van der Waals surface area contributed by atoms with Gasteiger partial charge in [0.25, 0.3) is 0 Å². The summed E-state index contributed by atoms with van der Waals surface area (Å²) in [6.07, 6.45) is 0. The minimum Gasteiger partial charge on any atom is -0.456 e. The van der Waals surface area contributed by atoms with Crippen molar-refractivity contribution in [1.29, 1.82) is 0 Å². The van der Waals surface area contributed by atoms with Crippen LogP contribution in [0, 0.1) is 0 Å². The Morgan fingerprint density at radius 1 is 0.333 bits per heavy atom. The fourth-order valence-corrected chi connectivity index (χ4v) is 6.85. The highest BCUT2D eigenvalue weighted by Gasteiger charge is 2.19. The second kappa shape index (κ2) is 11.8. The van der Waals surface area contributed by atoms with Gasteiger partial charge in [0.15, 0.2) is 0 Å². The molecule has 0 saturated carbocycles. The zero-order valence-electron chi connectivity index (χ0n) is 26.3. The van der Waals surface area contributed by atoms with Crippen LogP contribution < -0.4 is 4.90 Å². The van der Waals surface area contributed by atoms with Crippen LogP contribution in [0.3, 0.4) is 0 Å². The molecule has 0 aliphatic heterocycles. The van der Waals surface area contributed by atoms with Gasteiger partial charge in [-0.25, -0.2) is 0 Å². The van der Waals surface area contributed by atoms with Crippen molar-refractivity contribution in [2.24, 2.45) is 0 Å². The first-order valence-electron chi connectivity index (χ1n) is 16.3. The Labute approximate surface area is 279 Å². The monoisotopic (exact) mass is 613 g/mol. The van der Waals surface area contributed by atoms with Gasteiger partial charge >= 0.3 is 0 Å². The normalized spacial score (nSPS) is 11.3. The number of benzene rings is 8. The van der Waals surface area contributed by atoms with Crippen molar-refractivity contribution in [3.63, 3.8) is 0 Å². The van der Waals surface area contributed by atoms with Crippen molar-refractivity contribution in [3.05, 3.63) is 188 Å². The lowest BCUT2D eigenvalue weighted by Gasteiger charge is -2.26. The Hall–Kier alpha value is -6.38. The highest BCUT2D eigenvalue weighted by molar-refractivity contribution is 6.13. The summed E-state index contributed by atoms with van der Waals surface area (Å²) in [5.74, 6) is 0. The van der Waals surface area contributed by atoms with E-state index in [2.05, 4.69) is 181 Å². The predicted molar refractivity (Wildman–Crippen MR) is 202 cm³/mol. The molecule has 1 aromatic heterocycles. The first-order chi connectivity index (χ1) is 23.8. The zero-order valence-corrected chi connectivity index (χ0v) is 26.3. The van der Waals surface area contributed by atoms with E-state index in [1.54, 1.807) is 0 Å². The Balaban J connectivity index is 1.04. The van der Waals surface area contributed by atoms with Gasteiger partial charge in [-0.05, 0) is 98.8 Å². The number of nitrogens with zero attached hydrogens (tertiary/aromatic N) is 1. The molecule has 0 atom stereocenters. The van der Waals surface area contributed by atoms with E-state index >= 15 is 0 Å². The van der Waals surface area contributed by atoms with Gasteiger partial charge in [-0.2, -0.15) is 0 Å². The second-order valence-electron chi connectivity index (χ2n) is 12.2. The number of anilines is 3. The molecule has 0 saturated heterocycles. The van der Waals surface area contributed by atoms with E-state index in [-0.39, 0.29) is 0 Å². The molecule has 0 aliphatic rings. The first kappa shape index (κ1) is 27.9. The van der Waals surface area contributed by atoms with Gasteiger partial charge < -0.3 is 9.32 Å². The Morgan fingerprint density at radius 2 is 0.875 bits per heavy atom. The molecule has 226 valence electrons. The molecular formula is C46H31NO. The summed E-state index contributed by atoms with van der Waals surface area (Å²) in [5.41, 5.74) is 12.3. The summed E-state index contributed by atoms with van der Waals surface area (Å²) < 4.78 is 6.25. The molecule has 0 unspecified atom stereocenters. The second-order valence-corrected chi connectivity index (χ2v) is 12.2. The molecule has 0 aliphatic carbocycles. The van der Waals surface area contributed by atoms with Gasteiger partial charge in [0, 0.05) is 16.8 Å². The van der Waals surface area contributed by atoms with Gasteiger partial charge in [0.2, 0.25) is 0 Å². The smallest absolute Gasteiger partial charge is 0.137 e. The fraction of sp³-hybridized carbons (Fsp3) is 0. The van der Waals surface area contributed by atoms with Crippen molar-refractivity contribution in [1.82, 2.24) is 0 Å². The van der Waals surface area contributed by atoms with E-state index in [4.69, 9.17) is 4.42 Å². The minimum atomic E-state index is 0.883. The van der Waals surface area contributed by atoms with E-state index in [0.717, 1.165) is 39.0 Å². The van der Waals surface area contributed by atoms with E-state index in [9.17, 15) is 0 Å². The van der Waals surface area contributed by atoms with Crippen molar-refractivity contribution in [2.45, 2.75) is 0 Å². The van der Waals surface area contributed by atoms with Gasteiger partial charge in [0.05, 0.1) is 11.1 Å². The highest BCUT2D eigenvalue weighted by atomic mass is 16.3. The van der Waals surface area contributed by atoms with Gasteiger partial charge in [-0.3, -0.25) is 0 Å². The fourth-order valence-electron chi connectivity index (χ4n) is 6.85. The Kier molecular flexibility index (Phi) is 6.84. The standard InChI is InChI=1S/C46H31NO/c1-2-14-40(15-3-1)47(43-17-9-19-45-46(43)42-16-6-7-18-44(42)48-45)41-28-26-34(27-29-41)33-20-22-35(23-21-33)37-12-8-13-38(30-37)39-25-24-32-10-4-5-11-36(32)31-39/h1-31H. The zero-order chi connectivity index (χ0) is 31.9. The molecule has 0 N–H and O–H groups in total. The Bertz CT molecular complexity index is 2540. The molecule has 0 bridgehead atoms. The van der Waals surface area contributed by atoms with Crippen molar-refractivity contribution in [2.75, 3.05) is 4.90 Å². The molecule has 2 heteroatoms. The number of para-hydroxylation sites is 2. The Morgan fingerprint density at radius 3 is 1.67 bits per heavy atom.